The minimum absolute atomic E-state index is 0.258. The molecule has 3 rings (SSSR count). The highest BCUT2D eigenvalue weighted by atomic mass is 16.5. The predicted octanol–water partition coefficient (Wildman–Crippen LogP) is 4.86. The molecule has 180 valence electrons. The smallest absolute Gasteiger partial charge is 0.148 e. The fourth-order valence-corrected chi connectivity index (χ4v) is 3.49. The van der Waals surface area contributed by atoms with E-state index in [9.17, 15) is 9.59 Å². The second-order valence-corrected chi connectivity index (χ2v) is 8.00. The van der Waals surface area contributed by atoms with Gasteiger partial charge >= 0.3 is 0 Å². The minimum atomic E-state index is 0.258. The maximum absolute atomic E-state index is 12.1. The van der Waals surface area contributed by atoms with Gasteiger partial charge in [-0.3, -0.25) is 9.80 Å². The SMILES string of the molecule is CN(CN/C(=C(\C=O)CCc1ccccc1)c1ccc(OCc2ccccc2)cc1)/N=C\CC=O. The van der Waals surface area contributed by atoms with Gasteiger partial charge in [-0.15, -0.1) is 0 Å². The van der Waals surface area contributed by atoms with Crippen LogP contribution >= 0.6 is 0 Å². The monoisotopic (exact) mass is 469 g/mol. The number of hydrogen-bond donors (Lipinski definition) is 1. The highest BCUT2D eigenvalue weighted by Crippen LogP contribution is 2.22. The van der Waals surface area contributed by atoms with E-state index in [-0.39, 0.29) is 6.42 Å². The maximum Gasteiger partial charge on any atom is 0.148 e. The van der Waals surface area contributed by atoms with Gasteiger partial charge in [0.15, 0.2) is 0 Å². The molecule has 0 bridgehead atoms. The lowest BCUT2D eigenvalue weighted by molar-refractivity contribution is -0.107. The molecule has 3 aromatic rings. The highest BCUT2D eigenvalue weighted by Gasteiger charge is 2.11. The number of rotatable bonds is 14. The number of allylic oxidation sites excluding steroid dienone is 1. The average Bonchev–Trinajstić information content (AvgIpc) is 2.91. The first kappa shape index (κ1) is 25.4. The lowest BCUT2D eigenvalue weighted by atomic mass is 10.0. The van der Waals surface area contributed by atoms with Crippen molar-refractivity contribution in [3.05, 3.63) is 107 Å². The number of hydrazone groups is 1. The van der Waals surface area contributed by atoms with Crippen LogP contribution in [0.15, 0.2) is 95.6 Å². The standard InChI is InChI=1S/C29H31N3O3/c1-32(31-19-8-20-33)23-30-29(27(21-34)14-13-24-9-4-2-5-10-24)26-15-17-28(18-16-26)35-22-25-11-6-3-7-12-25/h2-7,9-12,15-21,30H,8,13-14,22-23H2,1H3/b29-27-,31-19-. The molecule has 0 amide bonds. The zero-order valence-corrected chi connectivity index (χ0v) is 20.0. The molecule has 0 aliphatic heterocycles. The second kappa shape index (κ2) is 14.2. The number of carbonyl (C=O) groups is 2. The van der Waals surface area contributed by atoms with Crippen LogP contribution < -0.4 is 10.1 Å². The molecular formula is C29H31N3O3. The summed E-state index contributed by atoms with van der Waals surface area (Å²) in [5.41, 5.74) is 4.59. The summed E-state index contributed by atoms with van der Waals surface area (Å²) in [5.74, 6) is 0.754. The number of aldehydes is 2. The summed E-state index contributed by atoms with van der Waals surface area (Å²) in [5, 5.41) is 9.25. The molecule has 0 atom stereocenters. The quantitative estimate of drug-likeness (QED) is 0.120. The first-order valence-electron chi connectivity index (χ1n) is 11.6. The summed E-state index contributed by atoms with van der Waals surface area (Å²) in [4.78, 5) is 22.6. The van der Waals surface area contributed by atoms with Crippen LogP contribution in [-0.2, 0) is 22.6 Å². The Morgan fingerprint density at radius 1 is 0.914 bits per heavy atom. The van der Waals surface area contributed by atoms with Crippen molar-refractivity contribution < 1.29 is 14.3 Å². The third-order valence-electron chi connectivity index (χ3n) is 5.35. The molecule has 3 aromatic carbocycles. The Bertz CT molecular complexity index is 1110. The molecule has 0 spiro atoms. The minimum Gasteiger partial charge on any atom is -0.489 e. The fourth-order valence-electron chi connectivity index (χ4n) is 3.49. The predicted molar refractivity (Wildman–Crippen MR) is 140 cm³/mol. The first-order chi connectivity index (χ1) is 17.2. The fraction of sp³-hybridized carbons (Fsp3) is 0.207. The molecule has 0 fully saturated rings. The molecule has 6 nitrogen and oxygen atoms in total. The van der Waals surface area contributed by atoms with Crippen LogP contribution in [0.1, 0.15) is 29.5 Å². The van der Waals surface area contributed by atoms with Gasteiger partial charge < -0.3 is 14.8 Å². The summed E-state index contributed by atoms with van der Waals surface area (Å²) in [6, 6.07) is 27.8. The summed E-state index contributed by atoms with van der Waals surface area (Å²) >= 11 is 0. The van der Waals surface area contributed by atoms with Gasteiger partial charge in [0.1, 0.15) is 31.6 Å². The average molecular weight is 470 g/mol. The van der Waals surface area contributed by atoms with Crippen LogP contribution in [0.3, 0.4) is 0 Å². The molecule has 0 unspecified atom stereocenters. The van der Waals surface area contributed by atoms with Crippen molar-refractivity contribution in [2.75, 3.05) is 13.7 Å². The zero-order valence-electron chi connectivity index (χ0n) is 20.0. The van der Waals surface area contributed by atoms with Crippen LogP contribution in [0.25, 0.3) is 5.70 Å². The van der Waals surface area contributed by atoms with E-state index in [0.717, 1.165) is 41.6 Å². The Balaban J connectivity index is 1.76. The van der Waals surface area contributed by atoms with Gasteiger partial charge in [0.2, 0.25) is 0 Å². The van der Waals surface area contributed by atoms with Crippen molar-refractivity contribution >= 4 is 24.5 Å². The summed E-state index contributed by atoms with van der Waals surface area (Å²) < 4.78 is 5.91. The van der Waals surface area contributed by atoms with Gasteiger partial charge in [-0.2, -0.15) is 5.10 Å². The van der Waals surface area contributed by atoms with Crippen LogP contribution in [0, 0.1) is 0 Å². The topological polar surface area (TPSA) is 71.0 Å². The lowest BCUT2D eigenvalue weighted by Gasteiger charge is -2.19. The van der Waals surface area contributed by atoms with E-state index in [0.29, 0.717) is 25.3 Å². The number of aryl methyl sites for hydroxylation is 1. The molecule has 1 N–H and O–H groups in total. The number of carbonyl (C=O) groups excluding carboxylic acids is 2. The highest BCUT2D eigenvalue weighted by molar-refractivity contribution is 5.87. The molecule has 0 saturated carbocycles. The van der Waals surface area contributed by atoms with Gasteiger partial charge in [0.25, 0.3) is 0 Å². The van der Waals surface area contributed by atoms with Crippen LogP contribution in [0.4, 0.5) is 0 Å². The number of hydrogen-bond acceptors (Lipinski definition) is 6. The van der Waals surface area contributed by atoms with Gasteiger partial charge in [0.05, 0.1) is 0 Å². The Hall–Kier alpha value is -4.19. The third-order valence-corrected chi connectivity index (χ3v) is 5.35. The van der Waals surface area contributed by atoms with E-state index in [1.807, 2.05) is 72.8 Å². The number of nitrogens with one attached hydrogen (secondary N) is 1. The van der Waals surface area contributed by atoms with E-state index in [4.69, 9.17) is 4.74 Å². The molecule has 0 radical (unpaired) electrons. The van der Waals surface area contributed by atoms with Crippen LogP contribution in [0.2, 0.25) is 0 Å². The number of nitrogens with zero attached hydrogens (tertiary/aromatic N) is 2. The number of benzene rings is 3. The first-order valence-corrected chi connectivity index (χ1v) is 11.6. The number of ether oxygens (including phenoxy) is 1. The zero-order chi connectivity index (χ0) is 24.7. The van der Waals surface area contributed by atoms with Crippen molar-refractivity contribution in [3.63, 3.8) is 0 Å². The van der Waals surface area contributed by atoms with E-state index >= 15 is 0 Å². The van der Waals surface area contributed by atoms with Gasteiger partial charge in [0, 0.05) is 31.0 Å². The second-order valence-electron chi connectivity index (χ2n) is 8.00. The van der Waals surface area contributed by atoms with Crippen molar-refractivity contribution in [2.45, 2.75) is 25.9 Å². The Kier molecular flexibility index (Phi) is 10.3. The van der Waals surface area contributed by atoms with Crippen molar-refractivity contribution in [2.24, 2.45) is 5.10 Å². The summed E-state index contributed by atoms with van der Waals surface area (Å²) in [7, 11) is 1.80. The normalized spacial score (nSPS) is 11.6. The van der Waals surface area contributed by atoms with E-state index in [1.54, 1.807) is 18.3 Å². The van der Waals surface area contributed by atoms with E-state index < -0.39 is 0 Å². The van der Waals surface area contributed by atoms with Crippen molar-refractivity contribution in [1.29, 1.82) is 0 Å². The third kappa shape index (κ3) is 8.59. The molecule has 0 heterocycles. The molecule has 6 heteroatoms. The Morgan fingerprint density at radius 3 is 2.20 bits per heavy atom. The van der Waals surface area contributed by atoms with Gasteiger partial charge in [-0.25, -0.2) is 0 Å². The lowest BCUT2D eigenvalue weighted by Crippen LogP contribution is -2.27. The Labute approximate surface area is 206 Å². The van der Waals surface area contributed by atoms with Crippen molar-refractivity contribution in [3.8, 4) is 5.75 Å². The van der Waals surface area contributed by atoms with Crippen molar-refractivity contribution in [1.82, 2.24) is 10.3 Å². The molecule has 0 aliphatic rings. The molecule has 35 heavy (non-hydrogen) atoms. The van der Waals surface area contributed by atoms with Gasteiger partial charge in [-0.05, 0) is 53.8 Å². The molecule has 0 aliphatic carbocycles. The molecule has 0 aromatic heterocycles. The van der Waals surface area contributed by atoms with Crippen LogP contribution in [0.5, 0.6) is 5.75 Å². The van der Waals surface area contributed by atoms with Gasteiger partial charge in [-0.1, -0.05) is 60.7 Å². The maximum atomic E-state index is 12.1. The molecule has 0 saturated heterocycles. The Morgan fingerprint density at radius 2 is 1.57 bits per heavy atom. The summed E-state index contributed by atoms with van der Waals surface area (Å²) in [6.07, 6.45) is 4.87. The molecular weight excluding hydrogens is 438 g/mol. The van der Waals surface area contributed by atoms with Crippen LogP contribution in [-0.4, -0.2) is 37.5 Å². The van der Waals surface area contributed by atoms with E-state index in [1.165, 1.54) is 5.56 Å². The largest absolute Gasteiger partial charge is 0.489 e. The summed E-state index contributed by atoms with van der Waals surface area (Å²) in [6.45, 7) is 0.862. The van der Waals surface area contributed by atoms with E-state index in [2.05, 4.69) is 22.6 Å².